The predicted molar refractivity (Wildman–Crippen MR) is 81.3 cm³/mol. The molecule has 0 unspecified atom stereocenters. The molecular weight excluding hydrogens is 270 g/mol. The first kappa shape index (κ1) is 14.4. The standard InChI is InChI=1S/C15H13N3O3/c1-21-15-8-4-13(5-9-15)11-17-16-10-12-2-6-14(7-3-12)18(19)20/h2-11H,1H3/b16-10+,17-11+. The molecule has 0 atom stereocenters. The summed E-state index contributed by atoms with van der Waals surface area (Å²) in [6, 6.07) is 13.5. The maximum Gasteiger partial charge on any atom is 0.269 e. The van der Waals surface area contributed by atoms with Crippen LogP contribution in [0.5, 0.6) is 5.75 Å². The van der Waals surface area contributed by atoms with Crippen LogP contribution in [0.25, 0.3) is 0 Å². The van der Waals surface area contributed by atoms with Gasteiger partial charge in [0.1, 0.15) is 5.75 Å². The molecule has 0 spiro atoms. The molecule has 2 aromatic carbocycles. The number of hydrogen-bond donors (Lipinski definition) is 0. The molecular formula is C15H13N3O3. The lowest BCUT2D eigenvalue weighted by Gasteiger charge is -1.97. The molecule has 0 heterocycles. The van der Waals surface area contributed by atoms with Crippen molar-refractivity contribution in [3.05, 3.63) is 69.8 Å². The maximum atomic E-state index is 10.5. The Labute approximate surface area is 121 Å². The Morgan fingerprint density at radius 2 is 1.43 bits per heavy atom. The Morgan fingerprint density at radius 1 is 0.952 bits per heavy atom. The van der Waals surface area contributed by atoms with E-state index < -0.39 is 4.92 Å². The number of ether oxygens (including phenoxy) is 1. The first-order chi connectivity index (χ1) is 10.2. The van der Waals surface area contributed by atoms with E-state index in [0.29, 0.717) is 0 Å². The fourth-order valence-electron chi connectivity index (χ4n) is 1.57. The third-order valence-corrected chi connectivity index (χ3v) is 2.70. The van der Waals surface area contributed by atoms with Crippen molar-refractivity contribution >= 4 is 18.1 Å². The Bertz CT molecular complexity index is 662. The topological polar surface area (TPSA) is 77.1 Å². The van der Waals surface area contributed by atoms with Gasteiger partial charge >= 0.3 is 0 Å². The van der Waals surface area contributed by atoms with Gasteiger partial charge in [-0.25, -0.2) is 0 Å². The van der Waals surface area contributed by atoms with E-state index in [1.807, 2.05) is 24.3 Å². The number of rotatable bonds is 5. The van der Waals surface area contributed by atoms with Crippen molar-refractivity contribution in [1.29, 1.82) is 0 Å². The summed E-state index contributed by atoms with van der Waals surface area (Å²) in [6.45, 7) is 0. The van der Waals surface area contributed by atoms with Crippen LogP contribution >= 0.6 is 0 Å². The third-order valence-electron chi connectivity index (χ3n) is 2.70. The highest BCUT2D eigenvalue weighted by Gasteiger charge is 2.02. The molecule has 0 amide bonds. The van der Waals surface area contributed by atoms with Gasteiger partial charge < -0.3 is 4.74 Å². The SMILES string of the molecule is COc1ccc(/C=N/N=C/c2ccc([N+](=O)[O-])cc2)cc1. The Hall–Kier alpha value is -3.02. The average molecular weight is 283 g/mol. The van der Waals surface area contributed by atoms with Gasteiger partial charge in [0.2, 0.25) is 0 Å². The second kappa shape index (κ2) is 6.95. The minimum Gasteiger partial charge on any atom is -0.497 e. The summed E-state index contributed by atoms with van der Waals surface area (Å²) in [5, 5.41) is 18.3. The molecule has 2 aromatic rings. The lowest BCUT2D eigenvalue weighted by atomic mass is 10.2. The molecule has 21 heavy (non-hydrogen) atoms. The van der Waals surface area contributed by atoms with Crippen LogP contribution in [-0.2, 0) is 0 Å². The first-order valence-electron chi connectivity index (χ1n) is 6.14. The summed E-state index contributed by atoms with van der Waals surface area (Å²) >= 11 is 0. The third kappa shape index (κ3) is 4.24. The van der Waals surface area contributed by atoms with E-state index in [1.165, 1.54) is 18.3 Å². The number of nitro benzene ring substituents is 1. The number of hydrogen-bond acceptors (Lipinski definition) is 5. The first-order valence-corrected chi connectivity index (χ1v) is 6.14. The Balaban J connectivity index is 1.97. The van der Waals surface area contributed by atoms with Gasteiger partial charge in [0.15, 0.2) is 0 Å². The van der Waals surface area contributed by atoms with Crippen LogP contribution in [0.3, 0.4) is 0 Å². The van der Waals surface area contributed by atoms with E-state index in [-0.39, 0.29) is 5.69 Å². The van der Waals surface area contributed by atoms with E-state index in [4.69, 9.17) is 4.74 Å². The average Bonchev–Trinajstić information content (AvgIpc) is 2.52. The molecule has 0 saturated heterocycles. The van der Waals surface area contributed by atoms with E-state index in [1.54, 1.807) is 25.5 Å². The zero-order valence-corrected chi connectivity index (χ0v) is 11.3. The van der Waals surface area contributed by atoms with E-state index in [2.05, 4.69) is 10.2 Å². The summed E-state index contributed by atoms with van der Waals surface area (Å²) in [7, 11) is 1.61. The lowest BCUT2D eigenvalue weighted by Crippen LogP contribution is -1.88. The fourth-order valence-corrected chi connectivity index (χ4v) is 1.57. The molecule has 0 saturated carbocycles. The van der Waals surface area contributed by atoms with Gasteiger partial charge in [-0.15, -0.1) is 0 Å². The van der Waals surface area contributed by atoms with Crippen LogP contribution in [0, 0.1) is 10.1 Å². The van der Waals surface area contributed by atoms with E-state index in [0.717, 1.165) is 16.9 Å². The van der Waals surface area contributed by atoms with Crippen molar-refractivity contribution in [2.45, 2.75) is 0 Å². The smallest absolute Gasteiger partial charge is 0.269 e. The van der Waals surface area contributed by atoms with Gasteiger partial charge in [-0.05, 0) is 47.5 Å². The minimum absolute atomic E-state index is 0.0499. The van der Waals surface area contributed by atoms with Crippen molar-refractivity contribution in [2.75, 3.05) is 7.11 Å². The molecule has 106 valence electrons. The van der Waals surface area contributed by atoms with Crippen molar-refractivity contribution in [1.82, 2.24) is 0 Å². The molecule has 0 bridgehead atoms. The van der Waals surface area contributed by atoms with Crippen molar-refractivity contribution < 1.29 is 9.66 Å². The number of benzene rings is 2. The van der Waals surface area contributed by atoms with Crippen LogP contribution in [0.15, 0.2) is 58.7 Å². The van der Waals surface area contributed by atoms with Gasteiger partial charge in [0, 0.05) is 12.1 Å². The number of non-ortho nitro benzene ring substituents is 1. The van der Waals surface area contributed by atoms with Gasteiger partial charge in [-0.3, -0.25) is 10.1 Å². The molecule has 6 nitrogen and oxygen atoms in total. The second-order valence-electron chi connectivity index (χ2n) is 4.11. The maximum absolute atomic E-state index is 10.5. The molecule has 0 aliphatic rings. The summed E-state index contributed by atoms with van der Waals surface area (Å²) in [5.74, 6) is 0.779. The highest BCUT2D eigenvalue weighted by atomic mass is 16.6. The molecule has 0 N–H and O–H groups in total. The highest BCUT2D eigenvalue weighted by Crippen LogP contribution is 2.11. The molecule has 0 aliphatic carbocycles. The van der Waals surface area contributed by atoms with Crippen LogP contribution in [0.1, 0.15) is 11.1 Å². The molecule has 2 rings (SSSR count). The van der Waals surface area contributed by atoms with Gasteiger partial charge in [-0.2, -0.15) is 10.2 Å². The molecule has 0 fully saturated rings. The zero-order valence-electron chi connectivity index (χ0n) is 11.3. The largest absolute Gasteiger partial charge is 0.497 e. The van der Waals surface area contributed by atoms with Gasteiger partial charge in [0.25, 0.3) is 5.69 Å². The molecule has 0 aliphatic heterocycles. The summed E-state index contributed by atoms with van der Waals surface area (Å²) in [5.41, 5.74) is 1.69. The van der Waals surface area contributed by atoms with Crippen LogP contribution in [0.4, 0.5) is 5.69 Å². The monoisotopic (exact) mass is 283 g/mol. The predicted octanol–water partition coefficient (Wildman–Crippen LogP) is 3.06. The van der Waals surface area contributed by atoms with Crippen molar-refractivity contribution in [3.63, 3.8) is 0 Å². The minimum atomic E-state index is -0.442. The highest BCUT2D eigenvalue weighted by molar-refractivity contribution is 5.82. The zero-order chi connectivity index (χ0) is 15.1. The summed E-state index contributed by atoms with van der Waals surface area (Å²) in [4.78, 5) is 10.1. The van der Waals surface area contributed by atoms with Crippen LogP contribution in [0.2, 0.25) is 0 Å². The second-order valence-corrected chi connectivity index (χ2v) is 4.11. The van der Waals surface area contributed by atoms with Crippen LogP contribution in [-0.4, -0.2) is 24.5 Å². The number of nitrogens with zero attached hydrogens (tertiary/aromatic N) is 3. The van der Waals surface area contributed by atoms with Crippen molar-refractivity contribution in [3.8, 4) is 5.75 Å². The molecule has 0 radical (unpaired) electrons. The van der Waals surface area contributed by atoms with Crippen molar-refractivity contribution in [2.24, 2.45) is 10.2 Å². The van der Waals surface area contributed by atoms with E-state index in [9.17, 15) is 10.1 Å². The summed E-state index contributed by atoms with van der Waals surface area (Å²) < 4.78 is 5.06. The van der Waals surface area contributed by atoms with Gasteiger partial charge in [0.05, 0.1) is 24.5 Å². The lowest BCUT2D eigenvalue weighted by molar-refractivity contribution is -0.384. The molecule has 6 heteroatoms. The van der Waals surface area contributed by atoms with E-state index >= 15 is 0 Å². The van der Waals surface area contributed by atoms with Gasteiger partial charge in [-0.1, -0.05) is 0 Å². The fraction of sp³-hybridized carbons (Fsp3) is 0.0667. The number of nitro groups is 1. The Morgan fingerprint density at radius 3 is 1.86 bits per heavy atom. The molecule has 0 aromatic heterocycles. The Kier molecular flexibility index (Phi) is 4.76. The summed E-state index contributed by atoms with van der Waals surface area (Å²) in [6.07, 6.45) is 3.14. The quantitative estimate of drug-likeness (QED) is 0.480. The van der Waals surface area contributed by atoms with Crippen LogP contribution < -0.4 is 4.74 Å². The normalized spacial score (nSPS) is 11.1. The number of methoxy groups -OCH3 is 1.